The molecule has 0 saturated carbocycles. The molecule has 15 heavy (non-hydrogen) atoms. The highest BCUT2D eigenvalue weighted by molar-refractivity contribution is 6.48. The van der Waals surface area contributed by atoms with Crippen LogP contribution in [-0.4, -0.2) is 4.33 Å². The van der Waals surface area contributed by atoms with Crippen molar-refractivity contribution in [3.63, 3.8) is 0 Å². The standard InChI is InChI=1S/C13H26Cl2/c1-3-5-7-9-11-13(14,15)12-10-8-6-4-2/h3-12H2,1-2H3. The van der Waals surface area contributed by atoms with E-state index < -0.39 is 4.33 Å². The molecule has 0 aliphatic carbocycles. The molecular formula is C13H26Cl2. The molecule has 92 valence electrons. The van der Waals surface area contributed by atoms with E-state index in [0.717, 1.165) is 12.8 Å². The summed E-state index contributed by atoms with van der Waals surface area (Å²) in [5, 5.41) is 0. The van der Waals surface area contributed by atoms with Crippen molar-refractivity contribution in [2.45, 2.75) is 82.4 Å². The quantitative estimate of drug-likeness (QED) is 0.326. The van der Waals surface area contributed by atoms with Gasteiger partial charge in [-0.05, 0) is 12.8 Å². The molecule has 0 nitrogen and oxygen atoms in total. The Morgan fingerprint density at radius 1 is 0.667 bits per heavy atom. The minimum Gasteiger partial charge on any atom is -0.102 e. The van der Waals surface area contributed by atoms with Gasteiger partial charge in [-0.1, -0.05) is 65.2 Å². The second kappa shape index (κ2) is 9.78. The van der Waals surface area contributed by atoms with Gasteiger partial charge in [-0.15, -0.1) is 23.2 Å². The van der Waals surface area contributed by atoms with Gasteiger partial charge in [0.25, 0.3) is 0 Å². The Bertz CT molecular complexity index is 118. The predicted molar refractivity (Wildman–Crippen MR) is 72.0 cm³/mol. The molecule has 0 saturated heterocycles. The van der Waals surface area contributed by atoms with Crippen LogP contribution in [0, 0.1) is 0 Å². The third kappa shape index (κ3) is 10.9. The van der Waals surface area contributed by atoms with Gasteiger partial charge in [0, 0.05) is 0 Å². The van der Waals surface area contributed by atoms with Crippen LogP contribution < -0.4 is 0 Å². The molecule has 0 spiro atoms. The summed E-state index contributed by atoms with van der Waals surface area (Å²) in [6.45, 7) is 4.44. The molecule has 0 bridgehead atoms. The zero-order valence-corrected chi connectivity index (χ0v) is 11.8. The Morgan fingerprint density at radius 3 is 1.40 bits per heavy atom. The van der Waals surface area contributed by atoms with Crippen LogP contribution in [0.4, 0.5) is 0 Å². The van der Waals surface area contributed by atoms with Crippen LogP contribution >= 0.6 is 23.2 Å². The number of hydrogen-bond acceptors (Lipinski definition) is 0. The Morgan fingerprint density at radius 2 is 1.07 bits per heavy atom. The average Bonchev–Trinajstić information content (AvgIpc) is 2.20. The monoisotopic (exact) mass is 252 g/mol. The summed E-state index contributed by atoms with van der Waals surface area (Å²) in [6.07, 6.45) is 12.0. The van der Waals surface area contributed by atoms with E-state index in [-0.39, 0.29) is 0 Å². The SMILES string of the molecule is CCCCCCC(Cl)(Cl)CCCCCC. The first-order valence-corrected chi connectivity index (χ1v) is 7.26. The zero-order chi connectivity index (χ0) is 11.6. The van der Waals surface area contributed by atoms with Crippen molar-refractivity contribution < 1.29 is 0 Å². The van der Waals surface area contributed by atoms with E-state index in [1.165, 1.54) is 51.4 Å². The predicted octanol–water partition coefficient (Wildman–Crippen LogP) is 6.10. The van der Waals surface area contributed by atoms with Crippen LogP contribution in [0.15, 0.2) is 0 Å². The van der Waals surface area contributed by atoms with Gasteiger partial charge in [-0.2, -0.15) is 0 Å². The van der Waals surface area contributed by atoms with Gasteiger partial charge in [0.1, 0.15) is 4.33 Å². The van der Waals surface area contributed by atoms with Crippen LogP contribution in [0.5, 0.6) is 0 Å². The molecule has 0 aromatic heterocycles. The molecular weight excluding hydrogens is 227 g/mol. The van der Waals surface area contributed by atoms with E-state index in [1.54, 1.807) is 0 Å². The molecule has 0 aromatic rings. The van der Waals surface area contributed by atoms with E-state index in [0.29, 0.717) is 0 Å². The second-order valence-electron chi connectivity index (χ2n) is 4.48. The third-order valence-corrected chi connectivity index (χ3v) is 3.55. The summed E-state index contributed by atoms with van der Waals surface area (Å²) in [6, 6.07) is 0. The largest absolute Gasteiger partial charge is 0.118 e. The molecule has 2 heteroatoms. The summed E-state index contributed by atoms with van der Waals surface area (Å²) < 4.78 is -0.457. The summed E-state index contributed by atoms with van der Waals surface area (Å²) in [5.74, 6) is 0. The van der Waals surface area contributed by atoms with Crippen LogP contribution in [0.2, 0.25) is 0 Å². The lowest BCUT2D eigenvalue weighted by Crippen LogP contribution is -2.12. The second-order valence-corrected chi connectivity index (χ2v) is 6.12. The maximum atomic E-state index is 6.26. The fraction of sp³-hybridized carbons (Fsp3) is 1.00. The highest BCUT2D eigenvalue weighted by atomic mass is 35.5. The lowest BCUT2D eigenvalue weighted by Gasteiger charge is -2.19. The normalized spacial score (nSPS) is 12.0. The van der Waals surface area contributed by atoms with Crippen LogP contribution in [0.1, 0.15) is 78.1 Å². The molecule has 0 aliphatic heterocycles. The first kappa shape index (κ1) is 15.6. The highest BCUT2D eigenvalue weighted by Crippen LogP contribution is 2.33. The fourth-order valence-electron chi connectivity index (χ4n) is 1.75. The number of halogens is 2. The van der Waals surface area contributed by atoms with E-state index in [2.05, 4.69) is 13.8 Å². The first-order valence-electron chi connectivity index (χ1n) is 6.50. The summed E-state index contributed by atoms with van der Waals surface area (Å²) in [7, 11) is 0. The molecule has 0 atom stereocenters. The Balaban J connectivity index is 3.40. The third-order valence-electron chi connectivity index (χ3n) is 2.79. The topological polar surface area (TPSA) is 0 Å². The Hall–Kier alpha value is 0.580. The molecule has 0 heterocycles. The van der Waals surface area contributed by atoms with Crippen molar-refractivity contribution >= 4 is 23.2 Å². The van der Waals surface area contributed by atoms with Gasteiger partial charge in [0.2, 0.25) is 0 Å². The number of alkyl halides is 2. The lowest BCUT2D eigenvalue weighted by atomic mass is 10.1. The first-order chi connectivity index (χ1) is 7.12. The Labute approximate surface area is 106 Å². The maximum absolute atomic E-state index is 6.26. The van der Waals surface area contributed by atoms with Crippen molar-refractivity contribution in [3.8, 4) is 0 Å². The molecule has 0 N–H and O–H groups in total. The molecule has 0 amide bonds. The van der Waals surface area contributed by atoms with Gasteiger partial charge in [0.15, 0.2) is 0 Å². The smallest absolute Gasteiger partial charge is 0.102 e. The van der Waals surface area contributed by atoms with Crippen LogP contribution in [0.3, 0.4) is 0 Å². The summed E-state index contributed by atoms with van der Waals surface area (Å²) in [4.78, 5) is 0. The summed E-state index contributed by atoms with van der Waals surface area (Å²) >= 11 is 12.5. The van der Waals surface area contributed by atoms with Crippen molar-refractivity contribution in [3.05, 3.63) is 0 Å². The van der Waals surface area contributed by atoms with Gasteiger partial charge in [0.05, 0.1) is 0 Å². The fourth-order valence-corrected chi connectivity index (χ4v) is 2.28. The molecule has 0 fully saturated rings. The minimum atomic E-state index is -0.457. The van der Waals surface area contributed by atoms with E-state index in [1.807, 2.05) is 0 Å². The zero-order valence-electron chi connectivity index (χ0n) is 10.3. The summed E-state index contributed by atoms with van der Waals surface area (Å²) in [5.41, 5.74) is 0. The van der Waals surface area contributed by atoms with Gasteiger partial charge >= 0.3 is 0 Å². The minimum absolute atomic E-state index is 0.457. The molecule has 0 aromatic carbocycles. The molecule has 0 rings (SSSR count). The average molecular weight is 253 g/mol. The number of hydrogen-bond donors (Lipinski definition) is 0. The van der Waals surface area contributed by atoms with Crippen molar-refractivity contribution in [1.29, 1.82) is 0 Å². The Kier molecular flexibility index (Phi) is 10.2. The lowest BCUT2D eigenvalue weighted by molar-refractivity contribution is 0.531. The van der Waals surface area contributed by atoms with Gasteiger partial charge in [-0.3, -0.25) is 0 Å². The van der Waals surface area contributed by atoms with E-state index in [4.69, 9.17) is 23.2 Å². The van der Waals surface area contributed by atoms with Crippen LogP contribution in [-0.2, 0) is 0 Å². The number of rotatable bonds is 10. The molecule has 0 unspecified atom stereocenters. The number of unbranched alkanes of at least 4 members (excludes halogenated alkanes) is 6. The van der Waals surface area contributed by atoms with Crippen molar-refractivity contribution in [2.75, 3.05) is 0 Å². The maximum Gasteiger partial charge on any atom is 0.118 e. The van der Waals surface area contributed by atoms with Crippen molar-refractivity contribution in [1.82, 2.24) is 0 Å². The molecule has 0 aliphatic rings. The van der Waals surface area contributed by atoms with Crippen LogP contribution in [0.25, 0.3) is 0 Å². The van der Waals surface area contributed by atoms with Crippen molar-refractivity contribution in [2.24, 2.45) is 0 Å². The van der Waals surface area contributed by atoms with Gasteiger partial charge < -0.3 is 0 Å². The van der Waals surface area contributed by atoms with E-state index >= 15 is 0 Å². The van der Waals surface area contributed by atoms with Gasteiger partial charge in [-0.25, -0.2) is 0 Å². The molecule has 0 radical (unpaired) electrons. The van der Waals surface area contributed by atoms with E-state index in [9.17, 15) is 0 Å². The highest BCUT2D eigenvalue weighted by Gasteiger charge is 2.22.